The maximum atomic E-state index is 12.7. The van der Waals surface area contributed by atoms with Crippen LogP contribution in [-0.4, -0.2) is 22.3 Å². The number of aromatic nitrogens is 1. The Morgan fingerprint density at radius 2 is 1.65 bits per heavy atom. The van der Waals surface area contributed by atoms with Crippen LogP contribution in [0.3, 0.4) is 0 Å². The molecule has 0 spiro atoms. The highest BCUT2D eigenvalue weighted by molar-refractivity contribution is 6.31. The summed E-state index contributed by atoms with van der Waals surface area (Å²) >= 11 is 6.05. The molecular formula is C19H16ClN3O3. The highest BCUT2D eigenvalue weighted by atomic mass is 35.5. The Bertz CT molecular complexity index is 1040. The Labute approximate surface area is 154 Å². The van der Waals surface area contributed by atoms with Gasteiger partial charge in [-0.1, -0.05) is 17.7 Å². The van der Waals surface area contributed by atoms with Crippen LogP contribution in [0, 0.1) is 0 Å². The van der Waals surface area contributed by atoms with Gasteiger partial charge in [0.15, 0.2) is 0 Å². The van der Waals surface area contributed by atoms with E-state index in [1.54, 1.807) is 42.5 Å². The molecule has 6 nitrogen and oxygen atoms in total. The van der Waals surface area contributed by atoms with Crippen LogP contribution in [0.25, 0.3) is 10.9 Å². The molecule has 0 radical (unpaired) electrons. The molecular weight excluding hydrogens is 354 g/mol. The lowest BCUT2D eigenvalue weighted by Gasteiger charge is -2.07. The summed E-state index contributed by atoms with van der Waals surface area (Å²) in [5.41, 5.74) is 2.04. The van der Waals surface area contributed by atoms with E-state index in [0.717, 1.165) is 0 Å². The van der Waals surface area contributed by atoms with Crippen molar-refractivity contribution in [1.29, 1.82) is 0 Å². The Balaban J connectivity index is 1.97. The smallest absolute Gasteiger partial charge is 0.257 e. The van der Waals surface area contributed by atoms with E-state index in [9.17, 15) is 14.4 Å². The van der Waals surface area contributed by atoms with Gasteiger partial charge in [0.2, 0.25) is 11.8 Å². The lowest BCUT2D eigenvalue weighted by atomic mass is 10.1. The molecule has 26 heavy (non-hydrogen) atoms. The fourth-order valence-corrected chi connectivity index (χ4v) is 2.89. The Morgan fingerprint density at radius 1 is 0.962 bits per heavy atom. The van der Waals surface area contributed by atoms with Crippen molar-refractivity contribution < 1.29 is 14.4 Å². The van der Waals surface area contributed by atoms with E-state index in [4.69, 9.17) is 11.6 Å². The summed E-state index contributed by atoms with van der Waals surface area (Å²) in [6.07, 6.45) is 1.50. The number of benzene rings is 2. The lowest BCUT2D eigenvalue weighted by molar-refractivity contribution is -0.114. The topological polar surface area (TPSA) is 80.2 Å². The third kappa shape index (κ3) is 3.60. The van der Waals surface area contributed by atoms with Crippen molar-refractivity contribution in [2.45, 2.75) is 13.8 Å². The molecule has 3 rings (SSSR count). The van der Waals surface area contributed by atoms with Crippen LogP contribution in [0.15, 0.2) is 48.7 Å². The number of carbonyl (C=O) groups is 3. The molecule has 2 N–H and O–H groups in total. The number of carbonyl (C=O) groups excluding carboxylic acids is 3. The fourth-order valence-electron chi connectivity index (χ4n) is 2.72. The van der Waals surface area contributed by atoms with Crippen LogP contribution in [0.2, 0.25) is 5.02 Å². The van der Waals surface area contributed by atoms with E-state index in [1.165, 1.54) is 24.6 Å². The largest absolute Gasteiger partial charge is 0.326 e. The molecule has 0 atom stereocenters. The number of amides is 2. The van der Waals surface area contributed by atoms with Gasteiger partial charge in [0.05, 0.1) is 11.1 Å². The first-order chi connectivity index (χ1) is 12.3. The number of halogens is 1. The number of fused-ring (bicyclic) bond motifs is 1. The van der Waals surface area contributed by atoms with E-state index >= 15 is 0 Å². The van der Waals surface area contributed by atoms with Gasteiger partial charge in [0.1, 0.15) is 0 Å². The monoisotopic (exact) mass is 369 g/mol. The minimum atomic E-state index is -0.378. The van der Waals surface area contributed by atoms with Gasteiger partial charge in [0.25, 0.3) is 5.91 Å². The van der Waals surface area contributed by atoms with Gasteiger partial charge in [-0.25, -0.2) is 0 Å². The van der Waals surface area contributed by atoms with Crippen molar-refractivity contribution in [3.05, 3.63) is 59.2 Å². The maximum absolute atomic E-state index is 12.7. The predicted octanol–water partition coefficient (Wildman–Crippen LogP) is 4.17. The highest BCUT2D eigenvalue weighted by Crippen LogP contribution is 2.26. The second-order valence-electron chi connectivity index (χ2n) is 5.81. The maximum Gasteiger partial charge on any atom is 0.257 e. The third-order valence-corrected chi connectivity index (χ3v) is 4.03. The summed E-state index contributed by atoms with van der Waals surface area (Å²) in [7, 11) is 0. The molecule has 0 unspecified atom stereocenters. The van der Waals surface area contributed by atoms with Crippen molar-refractivity contribution in [2.75, 3.05) is 10.6 Å². The summed E-state index contributed by atoms with van der Waals surface area (Å²) in [5.74, 6) is -0.783. The Kier molecular flexibility index (Phi) is 4.77. The van der Waals surface area contributed by atoms with Crippen molar-refractivity contribution in [1.82, 2.24) is 4.57 Å². The third-order valence-electron chi connectivity index (χ3n) is 3.79. The van der Waals surface area contributed by atoms with Gasteiger partial charge >= 0.3 is 0 Å². The standard InChI is InChI=1S/C19H16ClN3O3/c1-11(24)21-14-4-3-5-15(9-14)22-19(26)17-10-23(12(2)25)18-7-6-13(20)8-16(17)18/h3-10H,1-2H3,(H,21,24)(H,22,26). The minimum absolute atomic E-state index is 0.201. The van der Waals surface area contributed by atoms with Gasteiger partial charge in [-0.2, -0.15) is 0 Å². The van der Waals surface area contributed by atoms with E-state index in [2.05, 4.69) is 10.6 Å². The quantitative estimate of drug-likeness (QED) is 0.727. The van der Waals surface area contributed by atoms with E-state index < -0.39 is 0 Å². The number of anilines is 2. The summed E-state index contributed by atoms with van der Waals surface area (Å²) in [5, 5.41) is 6.49. The number of hydrogen-bond acceptors (Lipinski definition) is 3. The molecule has 0 saturated carbocycles. The zero-order chi connectivity index (χ0) is 18.8. The van der Waals surface area contributed by atoms with Crippen LogP contribution in [-0.2, 0) is 4.79 Å². The van der Waals surface area contributed by atoms with Crippen LogP contribution < -0.4 is 10.6 Å². The average molecular weight is 370 g/mol. The predicted molar refractivity (Wildman–Crippen MR) is 102 cm³/mol. The first-order valence-electron chi connectivity index (χ1n) is 7.85. The molecule has 0 aliphatic rings. The summed E-state index contributed by atoms with van der Waals surface area (Å²) in [6, 6.07) is 11.8. The normalized spacial score (nSPS) is 10.6. The Hall–Kier alpha value is -3.12. The van der Waals surface area contributed by atoms with Gasteiger partial charge < -0.3 is 10.6 Å². The van der Waals surface area contributed by atoms with Gasteiger partial charge in [0, 0.05) is 41.8 Å². The van der Waals surface area contributed by atoms with Gasteiger partial charge in [-0.05, 0) is 36.4 Å². The summed E-state index contributed by atoms with van der Waals surface area (Å²) < 4.78 is 1.41. The van der Waals surface area contributed by atoms with E-state index in [0.29, 0.717) is 32.9 Å². The number of hydrogen-bond donors (Lipinski definition) is 2. The average Bonchev–Trinajstić information content (AvgIpc) is 2.93. The molecule has 1 heterocycles. The van der Waals surface area contributed by atoms with Crippen molar-refractivity contribution in [2.24, 2.45) is 0 Å². The van der Waals surface area contributed by atoms with E-state index in [1.807, 2.05) is 0 Å². The second-order valence-corrected chi connectivity index (χ2v) is 6.25. The molecule has 0 fully saturated rings. The molecule has 132 valence electrons. The molecule has 7 heteroatoms. The SMILES string of the molecule is CC(=O)Nc1cccc(NC(=O)c2cn(C(C)=O)c3ccc(Cl)cc23)c1. The van der Waals surface area contributed by atoms with Crippen molar-refractivity contribution in [3.8, 4) is 0 Å². The summed E-state index contributed by atoms with van der Waals surface area (Å²) in [6.45, 7) is 2.83. The van der Waals surface area contributed by atoms with Gasteiger partial charge in [-0.3, -0.25) is 19.0 Å². The fraction of sp³-hybridized carbons (Fsp3) is 0.105. The second kappa shape index (κ2) is 7.01. The molecule has 3 aromatic rings. The molecule has 0 bridgehead atoms. The van der Waals surface area contributed by atoms with Crippen LogP contribution in [0.4, 0.5) is 11.4 Å². The van der Waals surface area contributed by atoms with Crippen LogP contribution in [0.1, 0.15) is 29.0 Å². The van der Waals surface area contributed by atoms with Crippen LogP contribution in [0.5, 0.6) is 0 Å². The zero-order valence-corrected chi connectivity index (χ0v) is 14.9. The van der Waals surface area contributed by atoms with Crippen molar-refractivity contribution in [3.63, 3.8) is 0 Å². The van der Waals surface area contributed by atoms with E-state index in [-0.39, 0.29) is 17.7 Å². The number of nitrogens with zero attached hydrogens (tertiary/aromatic N) is 1. The number of rotatable bonds is 3. The molecule has 2 aromatic carbocycles. The first-order valence-corrected chi connectivity index (χ1v) is 8.23. The molecule has 0 saturated heterocycles. The zero-order valence-electron chi connectivity index (χ0n) is 14.2. The van der Waals surface area contributed by atoms with Gasteiger partial charge in [-0.15, -0.1) is 0 Å². The molecule has 2 amide bonds. The lowest BCUT2D eigenvalue weighted by Crippen LogP contribution is -2.12. The number of nitrogens with one attached hydrogen (secondary N) is 2. The minimum Gasteiger partial charge on any atom is -0.326 e. The molecule has 0 aliphatic carbocycles. The first kappa shape index (κ1) is 17.7. The molecule has 0 aliphatic heterocycles. The molecule has 1 aromatic heterocycles. The van der Waals surface area contributed by atoms with Crippen molar-refractivity contribution >= 4 is 51.6 Å². The van der Waals surface area contributed by atoms with Crippen LogP contribution >= 0.6 is 11.6 Å². The Morgan fingerprint density at radius 3 is 2.31 bits per heavy atom. The highest BCUT2D eigenvalue weighted by Gasteiger charge is 2.17. The summed E-state index contributed by atoms with van der Waals surface area (Å²) in [4.78, 5) is 35.8.